The number of rotatable bonds is 17. The van der Waals surface area contributed by atoms with E-state index in [0.29, 0.717) is 25.7 Å². The summed E-state index contributed by atoms with van der Waals surface area (Å²) in [6.45, 7) is 30.0. The van der Waals surface area contributed by atoms with E-state index in [2.05, 4.69) is 73.1 Å². The van der Waals surface area contributed by atoms with Crippen molar-refractivity contribution in [2.45, 2.75) is 220 Å². The Labute approximate surface area is 389 Å². The third-order valence-electron chi connectivity index (χ3n) is 9.71. The van der Waals surface area contributed by atoms with Crippen LogP contribution in [0.15, 0.2) is 40.9 Å². The van der Waals surface area contributed by atoms with Crippen molar-refractivity contribution in [2.24, 2.45) is 16.2 Å². The van der Waals surface area contributed by atoms with Gasteiger partial charge in [0.05, 0.1) is 36.1 Å². The van der Waals surface area contributed by atoms with E-state index in [0.717, 1.165) is 45.1 Å². The summed E-state index contributed by atoms with van der Waals surface area (Å²) in [4.78, 5) is 34.2. The molecule has 0 aromatic heterocycles. The number of esters is 3. The molecular weight excluding hydrogens is 832 g/mol. The highest BCUT2D eigenvalue weighted by molar-refractivity contribution is 9.10. The Morgan fingerprint density at radius 1 is 0.689 bits per heavy atom. The van der Waals surface area contributed by atoms with Crippen molar-refractivity contribution in [1.29, 1.82) is 0 Å². The van der Waals surface area contributed by atoms with Crippen molar-refractivity contribution >= 4 is 44.6 Å². The monoisotopic (exact) mass is 937 g/mol. The van der Waals surface area contributed by atoms with E-state index in [1.165, 1.54) is 27.2 Å². The largest absolute Gasteiger partial charge is 0.465 e. The van der Waals surface area contributed by atoms with Crippen LogP contribution in [-0.4, -0.2) is 56.7 Å². The van der Waals surface area contributed by atoms with Crippen LogP contribution in [0.5, 0.6) is 0 Å². The Bertz CT molecular complexity index is 1350. The van der Waals surface area contributed by atoms with Crippen LogP contribution in [0.25, 0.3) is 10.8 Å². The lowest BCUT2D eigenvalue weighted by molar-refractivity contribution is -0.185. The molecule has 0 spiro atoms. The third-order valence-corrected chi connectivity index (χ3v) is 10.4. The van der Waals surface area contributed by atoms with Crippen LogP contribution in [-0.2, 0) is 38.1 Å². The van der Waals surface area contributed by atoms with Crippen molar-refractivity contribution in [3.8, 4) is 0 Å². The number of hydrogen-bond acceptors (Lipinski definition) is 8. The molecule has 0 bridgehead atoms. The van der Waals surface area contributed by atoms with E-state index in [-0.39, 0.29) is 94.3 Å². The third kappa shape index (κ3) is 31.9. The Morgan fingerprint density at radius 3 is 1.59 bits per heavy atom. The lowest BCUT2D eigenvalue weighted by atomic mass is 9.91. The van der Waals surface area contributed by atoms with Gasteiger partial charge in [0, 0.05) is 4.47 Å². The van der Waals surface area contributed by atoms with Gasteiger partial charge < -0.3 is 23.7 Å². The molecule has 2 aromatic carbocycles. The average molecular weight is 938 g/mol. The Kier molecular flexibility index (Phi) is 52.2. The van der Waals surface area contributed by atoms with Crippen LogP contribution in [0.2, 0.25) is 0 Å². The molecule has 0 aliphatic carbocycles. The number of unbranched alkanes of at least 4 members (excludes halogenated alkanes) is 1. The maximum Gasteiger partial charge on any atom is 0.313 e. The van der Waals surface area contributed by atoms with E-state index in [9.17, 15) is 14.4 Å². The Morgan fingerprint density at radius 2 is 1.16 bits per heavy atom. The van der Waals surface area contributed by atoms with Crippen molar-refractivity contribution in [3.05, 3.63) is 46.4 Å². The smallest absolute Gasteiger partial charge is 0.313 e. The first-order valence-corrected chi connectivity index (χ1v) is 20.5. The summed E-state index contributed by atoms with van der Waals surface area (Å²) in [6.07, 6.45) is 6.30. The van der Waals surface area contributed by atoms with Gasteiger partial charge in [0.1, 0.15) is 12.7 Å². The molecule has 9 heteroatoms. The number of halogens is 1. The summed E-state index contributed by atoms with van der Waals surface area (Å²) < 4.78 is 26.7. The maximum absolute atomic E-state index is 11.6. The number of fused-ring (bicyclic) bond motifs is 1. The number of hydrogen-bond donors (Lipinski definition) is 0. The standard InChI is InChI=1S/C14H15Br.C12H24O3.C9H16O3.C9H18O2.8CH4/c1-3-10(2)12-8-7-11-5-4-6-14(15)13(11)9-12;1-6-8-9-14-10(3)15-11(13)12(4,5)7-2;1-4-9(2,3)8(10)12-6-7-5-11-7;1-5-7-11-8(10)9(3,4)6-2;;;;;;;;/h4-10H,3H2,1-2H3;10H,6-9H2,1-5H3;7H,4-6H2,1-3H3;5-7H2,1-4H3;8*1H4. The van der Waals surface area contributed by atoms with Gasteiger partial charge in [-0.2, -0.15) is 0 Å². The second-order valence-corrected chi connectivity index (χ2v) is 16.5. The van der Waals surface area contributed by atoms with Crippen LogP contribution in [0.3, 0.4) is 0 Å². The molecule has 8 nitrogen and oxygen atoms in total. The zero-order valence-electron chi connectivity index (χ0n) is 35.6. The first kappa shape index (κ1) is 78.9. The van der Waals surface area contributed by atoms with Crippen molar-refractivity contribution in [1.82, 2.24) is 0 Å². The molecule has 1 aliphatic rings. The molecule has 0 amide bonds. The molecule has 1 heterocycles. The van der Waals surface area contributed by atoms with E-state index in [4.69, 9.17) is 23.7 Å². The van der Waals surface area contributed by atoms with E-state index in [1.54, 1.807) is 6.92 Å². The zero-order valence-corrected chi connectivity index (χ0v) is 37.2. The highest BCUT2D eigenvalue weighted by atomic mass is 79.9. The van der Waals surface area contributed by atoms with E-state index < -0.39 is 11.7 Å². The van der Waals surface area contributed by atoms with Crippen LogP contribution in [0.1, 0.15) is 213 Å². The first-order valence-electron chi connectivity index (χ1n) is 19.7. The van der Waals surface area contributed by atoms with Gasteiger partial charge in [-0.15, -0.1) is 0 Å². The fraction of sp³-hybridized carbons (Fsp3) is 0.750. The van der Waals surface area contributed by atoms with Crippen LogP contribution >= 0.6 is 15.9 Å². The summed E-state index contributed by atoms with van der Waals surface area (Å²) >= 11 is 3.60. The predicted octanol–water partition coefficient (Wildman–Crippen LogP) is 17.1. The number of benzene rings is 2. The van der Waals surface area contributed by atoms with Crippen LogP contribution in [0, 0.1) is 16.2 Å². The lowest BCUT2D eigenvalue weighted by Crippen LogP contribution is -2.30. The van der Waals surface area contributed by atoms with Crippen molar-refractivity contribution in [2.75, 3.05) is 26.4 Å². The minimum Gasteiger partial charge on any atom is -0.465 e. The summed E-state index contributed by atoms with van der Waals surface area (Å²) in [5.41, 5.74) is 0.351. The number of carbonyl (C=O) groups is 3. The van der Waals surface area contributed by atoms with E-state index >= 15 is 0 Å². The fourth-order valence-electron chi connectivity index (χ4n) is 3.88. The van der Waals surface area contributed by atoms with Gasteiger partial charge >= 0.3 is 17.9 Å². The SMILES string of the molecule is C.C.C.C.C.C.C.C.CCC(C)(C)C(=O)OCC1CO1.CCC(C)c1ccc2cccc(Br)c2c1.CCCCOC(C)OC(=O)C(C)(C)CC.CCCOC(=O)C(C)(C)CC. The quantitative estimate of drug-likeness (QED) is 0.0508. The number of epoxide rings is 1. The number of carbonyl (C=O) groups excluding carboxylic acids is 3. The minimum atomic E-state index is -0.435. The molecule has 61 heavy (non-hydrogen) atoms. The molecule has 3 rings (SSSR count). The Balaban J connectivity index is -0.0000000815. The average Bonchev–Trinajstić information content (AvgIpc) is 3.98. The molecule has 0 radical (unpaired) electrons. The Hall–Kier alpha value is -2.49. The van der Waals surface area contributed by atoms with Crippen LogP contribution < -0.4 is 0 Å². The van der Waals surface area contributed by atoms with Crippen molar-refractivity contribution < 1.29 is 38.1 Å². The molecule has 3 atom stereocenters. The second kappa shape index (κ2) is 40.3. The highest BCUT2D eigenvalue weighted by Crippen LogP contribution is 2.29. The van der Waals surface area contributed by atoms with Gasteiger partial charge in [0.15, 0.2) is 6.29 Å². The molecule has 1 fully saturated rings. The summed E-state index contributed by atoms with van der Waals surface area (Å²) in [6, 6.07) is 13.1. The molecule has 3 unspecified atom stereocenters. The lowest BCUT2D eigenvalue weighted by Gasteiger charge is -2.23. The predicted molar refractivity (Wildman–Crippen MR) is 275 cm³/mol. The zero-order chi connectivity index (χ0) is 40.8. The first-order chi connectivity index (χ1) is 24.8. The second-order valence-electron chi connectivity index (χ2n) is 15.6. The molecule has 0 N–H and O–H groups in total. The summed E-state index contributed by atoms with van der Waals surface area (Å²) in [5, 5.41) is 2.62. The normalized spacial score (nSPS) is 12.9. The van der Waals surface area contributed by atoms with Gasteiger partial charge in [0.25, 0.3) is 0 Å². The maximum atomic E-state index is 11.6. The van der Waals surface area contributed by atoms with Gasteiger partial charge in [-0.3, -0.25) is 14.4 Å². The highest BCUT2D eigenvalue weighted by Gasteiger charge is 2.31. The summed E-state index contributed by atoms with van der Waals surface area (Å²) in [5.74, 6) is 0.248. The topological polar surface area (TPSA) is 101 Å². The minimum absolute atomic E-state index is 0. The van der Waals surface area contributed by atoms with E-state index in [1.807, 2.05) is 69.2 Å². The van der Waals surface area contributed by atoms with Gasteiger partial charge in [0.2, 0.25) is 0 Å². The molecular formula is C52H105BrO8. The van der Waals surface area contributed by atoms with Crippen molar-refractivity contribution in [3.63, 3.8) is 0 Å². The molecule has 368 valence electrons. The number of ether oxygens (including phenoxy) is 5. The molecule has 1 saturated heterocycles. The molecule has 0 saturated carbocycles. The van der Waals surface area contributed by atoms with Gasteiger partial charge in [-0.25, -0.2) is 0 Å². The van der Waals surface area contributed by atoms with Gasteiger partial charge in [-0.1, -0.05) is 154 Å². The molecule has 1 aliphatic heterocycles. The summed E-state index contributed by atoms with van der Waals surface area (Å²) in [7, 11) is 0. The van der Waals surface area contributed by atoms with Crippen LogP contribution in [0.4, 0.5) is 0 Å². The fourth-order valence-corrected chi connectivity index (χ4v) is 4.38. The molecule has 2 aromatic rings. The van der Waals surface area contributed by atoms with Gasteiger partial charge in [-0.05, 0) is 121 Å².